The third-order valence-electron chi connectivity index (χ3n) is 8.04. The predicted molar refractivity (Wildman–Crippen MR) is 122 cm³/mol. The molecule has 0 aromatic heterocycles. The second-order valence-corrected chi connectivity index (χ2v) is 10.0. The Hall–Kier alpha value is -1.23. The lowest BCUT2D eigenvalue weighted by atomic mass is 9.53. The first kappa shape index (κ1) is 22.0. The molecule has 1 spiro atoms. The van der Waals surface area contributed by atoms with Crippen molar-refractivity contribution in [2.24, 2.45) is 11.3 Å². The Kier molecular flexibility index (Phi) is 7.28. The Bertz CT molecular complexity index is 685. The summed E-state index contributed by atoms with van der Waals surface area (Å²) in [6.45, 7) is 4.12. The molecule has 4 nitrogen and oxygen atoms in total. The Morgan fingerprint density at radius 2 is 1.70 bits per heavy atom. The van der Waals surface area contributed by atoms with Gasteiger partial charge in [0.1, 0.15) is 6.29 Å². The Morgan fingerprint density at radius 1 is 0.967 bits per heavy atom. The molecular weight excluding hydrogens is 372 g/mol. The normalized spacial score (nSPS) is 40.7. The van der Waals surface area contributed by atoms with Gasteiger partial charge in [-0.25, -0.2) is 0 Å². The molecule has 0 saturated carbocycles. The number of aliphatic hydroxyl groups is 1. The molecule has 3 bridgehead atoms. The second kappa shape index (κ2) is 9.93. The van der Waals surface area contributed by atoms with Crippen molar-refractivity contribution < 1.29 is 9.90 Å². The van der Waals surface area contributed by atoms with Crippen LogP contribution < -0.4 is 5.32 Å². The third-order valence-corrected chi connectivity index (χ3v) is 8.04. The van der Waals surface area contributed by atoms with E-state index in [-0.39, 0.29) is 17.4 Å². The minimum absolute atomic E-state index is 0.00199. The smallest absolute Gasteiger partial charge is 0.146 e. The maximum atomic E-state index is 12.2. The Morgan fingerprint density at radius 3 is 2.50 bits per heavy atom. The highest BCUT2D eigenvalue weighted by Gasteiger charge is 2.58. The number of carbonyl (C=O) groups excluding carboxylic acids is 1. The average Bonchev–Trinajstić information content (AvgIpc) is 2.79. The highest BCUT2D eigenvalue weighted by Crippen LogP contribution is 2.53. The van der Waals surface area contributed by atoms with Crippen LogP contribution in [-0.2, 0) is 4.79 Å². The summed E-state index contributed by atoms with van der Waals surface area (Å²) < 4.78 is 0. The molecule has 0 radical (unpaired) electrons. The van der Waals surface area contributed by atoms with E-state index >= 15 is 0 Å². The second-order valence-electron chi connectivity index (χ2n) is 10.0. The van der Waals surface area contributed by atoms with Crippen LogP contribution in [0.4, 0.5) is 0 Å². The molecular formula is C26H40N2O2. The standard InChI is InChI=1S/C26H40N2O2/c29-20-22-19-26(30)15-10-6-2-4-8-12-17-28-18-13-23(22)25(21-28)14-9-5-1-3-7-11-16-27-24(25)26/h1-2,5-6,19-20,23-24,27,30H,3-4,7-18,21H2. The summed E-state index contributed by atoms with van der Waals surface area (Å²) in [6.07, 6.45) is 23.9. The van der Waals surface area contributed by atoms with Crippen molar-refractivity contribution in [2.45, 2.75) is 82.3 Å². The van der Waals surface area contributed by atoms with Crippen LogP contribution in [-0.4, -0.2) is 54.1 Å². The zero-order valence-corrected chi connectivity index (χ0v) is 18.5. The lowest BCUT2D eigenvalue weighted by Gasteiger charge is -2.59. The molecule has 1 fully saturated rings. The van der Waals surface area contributed by atoms with Crippen molar-refractivity contribution in [3.63, 3.8) is 0 Å². The van der Waals surface area contributed by atoms with Crippen LogP contribution in [0.25, 0.3) is 0 Å². The van der Waals surface area contributed by atoms with E-state index in [4.69, 9.17) is 0 Å². The first-order valence-corrected chi connectivity index (χ1v) is 12.3. The molecule has 4 rings (SSSR count). The van der Waals surface area contributed by atoms with E-state index in [2.05, 4.69) is 34.5 Å². The zero-order chi connectivity index (χ0) is 20.9. The van der Waals surface area contributed by atoms with Gasteiger partial charge >= 0.3 is 0 Å². The SMILES string of the molecule is O=CC1=CC2(O)CCC=CCCCCN3CCC1C1(CCC=CCCCCNC21)C3. The van der Waals surface area contributed by atoms with Crippen molar-refractivity contribution in [3.8, 4) is 0 Å². The minimum atomic E-state index is -0.966. The number of hydrogen-bond donors (Lipinski definition) is 2. The molecule has 4 heteroatoms. The van der Waals surface area contributed by atoms with E-state index in [1.807, 2.05) is 6.08 Å². The van der Waals surface area contributed by atoms with Crippen molar-refractivity contribution in [1.82, 2.24) is 10.2 Å². The molecule has 2 N–H and O–H groups in total. The number of rotatable bonds is 1. The molecule has 0 amide bonds. The molecule has 1 aliphatic carbocycles. The fraction of sp³-hybridized carbons (Fsp3) is 0.731. The first-order chi connectivity index (χ1) is 14.7. The van der Waals surface area contributed by atoms with Gasteiger partial charge in [-0.2, -0.15) is 0 Å². The van der Waals surface area contributed by atoms with Crippen LogP contribution in [0.1, 0.15) is 70.6 Å². The maximum absolute atomic E-state index is 12.2. The monoisotopic (exact) mass is 412 g/mol. The number of carbonyl (C=O) groups is 1. The van der Waals surface area contributed by atoms with Crippen molar-refractivity contribution in [1.29, 1.82) is 0 Å². The molecule has 0 aromatic rings. The number of aldehydes is 1. The fourth-order valence-electron chi connectivity index (χ4n) is 6.64. The third kappa shape index (κ3) is 4.51. The van der Waals surface area contributed by atoms with E-state index in [0.717, 1.165) is 83.0 Å². The van der Waals surface area contributed by atoms with Gasteiger partial charge in [0.25, 0.3) is 0 Å². The van der Waals surface area contributed by atoms with E-state index < -0.39 is 5.60 Å². The molecule has 3 aliphatic heterocycles. The van der Waals surface area contributed by atoms with Crippen molar-refractivity contribution >= 4 is 6.29 Å². The summed E-state index contributed by atoms with van der Waals surface area (Å²) in [5, 5.41) is 15.9. The van der Waals surface area contributed by atoms with E-state index in [1.54, 1.807) is 0 Å². The molecule has 3 heterocycles. The zero-order valence-electron chi connectivity index (χ0n) is 18.5. The molecule has 0 aromatic carbocycles. The lowest BCUT2D eigenvalue weighted by Crippen LogP contribution is -2.69. The van der Waals surface area contributed by atoms with Gasteiger partial charge in [-0.1, -0.05) is 24.3 Å². The van der Waals surface area contributed by atoms with Crippen LogP contribution in [0.5, 0.6) is 0 Å². The minimum Gasteiger partial charge on any atom is -0.384 e. The summed E-state index contributed by atoms with van der Waals surface area (Å²) in [5.41, 5.74) is -0.205. The molecule has 30 heavy (non-hydrogen) atoms. The van der Waals surface area contributed by atoms with Gasteiger partial charge in [0, 0.05) is 18.0 Å². The van der Waals surface area contributed by atoms with Gasteiger partial charge in [-0.3, -0.25) is 4.79 Å². The van der Waals surface area contributed by atoms with Crippen LogP contribution in [0.2, 0.25) is 0 Å². The number of piperidine rings is 1. The van der Waals surface area contributed by atoms with Crippen LogP contribution in [0.15, 0.2) is 36.0 Å². The van der Waals surface area contributed by atoms with Gasteiger partial charge in [0.05, 0.1) is 5.60 Å². The average molecular weight is 413 g/mol. The number of allylic oxidation sites excluding steroid dienone is 5. The molecule has 4 aliphatic rings. The number of nitrogens with zero attached hydrogens (tertiary/aromatic N) is 1. The van der Waals surface area contributed by atoms with Crippen molar-refractivity contribution in [2.75, 3.05) is 26.2 Å². The van der Waals surface area contributed by atoms with Gasteiger partial charge in [0.2, 0.25) is 0 Å². The van der Waals surface area contributed by atoms with Crippen LogP contribution >= 0.6 is 0 Å². The molecule has 5 atom stereocenters. The molecule has 1 saturated heterocycles. The van der Waals surface area contributed by atoms with Gasteiger partial charge < -0.3 is 15.3 Å². The summed E-state index contributed by atoms with van der Waals surface area (Å²) in [4.78, 5) is 14.8. The van der Waals surface area contributed by atoms with E-state index in [1.165, 1.54) is 19.3 Å². The fourth-order valence-corrected chi connectivity index (χ4v) is 6.64. The largest absolute Gasteiger partial charge is 0.384 e. The number of fused-ring (bicyclic) bond motifs is 1. The molecule has 166 valence electrons. The van der Waals surface area contributed by atoms with Gasteiger partial charge in [-0.05, 0) is 108 Å². The summed E-state index contributed by atoms with van der Waals surface area (Å²) >= 11 is 0. The first-order valence-electron chi connectivity index (χ1n) is 12.3. The van der Waals surface area contributed by atoms with E-state index in [0.29, 0.717) is 6.42 Å². The Labute approximate surface area is 182 Å². The van der Waals surface area contributed by atoms with Gasteiger partial charge in [-0.15, -0.1) is 0 Å². The van der Waals surface area contributed by atoms with Crippen LogP contribution in [0.3, 0.4) is 0 Å². The quantitative estimate of drug-likeness (QED) is 0.501. The molecule has 5 unspecified atom stereocenters. The van der Waals surface area contributed by atoms with Crippen LogP contribution in [0, 0.1) is 11.3 Å². The summed E-state index contributed by atoms with van der Waals surface area (Å²) in [7, 11) is 0. The highest BCUT2D eigenvalue weighted by atomic mass is 16.3. The van der Waals surface area contributed by atoms with Crippen molar-refractivity contribution in [3.05, 3.63) is 36.0 Å². The summed E-state index contributed by atoms with van der Waals surface area (Å²) in [5.74, 6) is 0.249. The topological polar surface area (TPSA) is 52.6 Å². The summed E-state index contributed by atoms with van der Waals surface area (Å²) in [6, 6.07) is 0.00199. The van der Waals surface area contributed by atoms with E-state index in [9.17, 15) is 9.90 Å². The lowest BCUT2D eigenvalue weighted by molar-refractivity contribution is -0.112. The van der Waals surface area contributed by atoms with Gasteiger partial charge in [0.15, 0.2) is 0 Å². The highest BCUT2D eigenvalue weighted by molar-refractivity contribution is 5.75. The Balaban J connectivity index is 1.79. The maximum Gasteiger partial charge on any atom is 0.146 e. The predicted octanol–water partition coefficient (Wildman–Crippen LogP) is 4.16. The number of nitrogens with one attached hydrogen (secondary N) is 1. The number of hydrogen-bond acceptors (Lipinski definition) is 4.